The van der Waals surface area contributed by atoms with Gasteiger partial charge in [-0.2, -0.15) is 0 Å². The summed E-state index contributed by atoms with van der Waals surface area (Å²) in [5, 5.41) is 3.31. The van der Waals surface area contributed by atoms with Gasteiger partial charge in [0.25, 0.3) is 0 Å². The number of rotatable bonds is 2. The van der Waals surface area contributed by atoms with E-state index in [2.05, 4.69) is 19.2 Å². The molecule has 3 N–H and O–H groups in total. The molecule has 19 heavy (non-hydrogen) atoms. The minimum absolute atomic E-state index is 0.0481. The molecule has 0 aromatic carbocycles. The van der Waals surface area contributed by atoms with E-state index in [1.165, 1.54) is 25.7 Å². The lowest BCUT2D eigenvalue weighted by atomic mass is 9.77. The molecule has 0 radical (unpaired) electrons. The molecule has 0 heterocycles. The Kier molecular flexibility index (Phi) is 5.26. The van der Waals surface area contributed by atoms with Crippen LogP contribution in [0.15, 0.2) is 0 Å². The lowest BCUT2D eigenvalue weighted by Crippen LogP contribution is -2.49. The first-order valence-corrected chi connectivity index (χ1v) is 8.15. The second kappa shape index (κ2) is 6.74. The van der Waals surface area contributed by atoms with Crippen LogP contribution >= 0.6 is 0 Å². The molecule has 2 saturated carbocycles. The monoisotopic (exact) mass is 266 g/mol. The summed E-state index contributed by atoms with van der Waals surface area (Å²) in [7, 11) is 0. The van der Waals surface area contributed by atoms with Gasteiger partial charge in [-0.15, -0.1) is 0 Å². The van der Waals surface area contributed by atoms with Crippen LogP contribution in [0.5, 0.6) is 0 Å². The van der Waals surface area contributed by atoms with Gasteiger partial charge in [-0.05, 0) is 31.1 Å². The maximum Gasteiger partial charge on any atom is 0.224 e. The molecule has 110 valence electrons. The topological polar surface area (TPSA) is 55.1 Å². The highest BCUT2D eigenvalue weighted by Gasteiger charge is 2.32. The lowest BCUT2D eigenvalue weighted by molar-refractivity contribution is -0.127. The average molecular weight is 266 g/mol. The molecule has 5 atom stereocenters. The number of amides is 1. The quantitative estimate of drug-likeness (QED) is 0.755. The van der Waals surface area contributed by atoms with Crippen LogP contribution in [-0.4, -0.2) is 18.0 Å². The standard InChI is InChI=1S/C16H30N2O/c1-11-7-6-10-15(12(11)2)18-16(19)13-8-4-3-5-9-14(13)17/h11-15H,3-10,17H2,1-2H3,(H,18,19). The minimum Gasteiger partial charge on any atom is -0.353 e. The molecule has 2 fully saturated rings. The molecule has 0 bridgehead atoms. The smallest absolute Gasteiger partial charge is 0.224 e. The molecule has 3 nitrogen and oxygen atoms in total. The van der Waals surface area contributed by atoms with Crippen molar-refractivity contribution in [3.8, 4) is 0 Å². The van der Waals surface area contributed by atoms with E-state index in [4.69, 9.17) is 5.73 Å². The van der Waals surface area contributed by atoms with Gasteiger partial charge in [0.15, 0.2) is 0 Å². The molecule has 2 rings (SSSR count). The van der Waals surface area contributed by atoms with Crippen LogP contribution < -0.4 is 11.1 Å². The van der Waals surface area contributed by atoms with Crippen molar-refractivity contribution in [1.29, 1.82) is 0 Å². The first-order chi connectivity index (χ1) is 9.09. The van der Waals surface area contributed by atoms with Crippen molar-refractivity contribution in [2.45, 2.75) is 77.3 Å². The van der Waals surface area contributed by atoms with E-state index < -0.39 is 0 Å². The number of hydrogen-bond donors (Lipinski definition) is 2. The lowest BCUT2D eigenvalue weighted by Gasteiger charge is -2.36. The highest BCUT2D eigenvalue weighted by atomic mass is 16.2. The highest BCUT2D eigenvalue weighted by molar-refractivity contribution is 5.79. The van der Waals surface area contributed by atoms with Crippen LogP contribution in [0, 0.1) is 17.8 Å². The van der Waals surface area contributed by atoms with Gasteiger partial charge in [0.2, 0.25) is 5.91 Å². The Bertz CT molecular complexity index is 305. The minimum atomic E-state index is 0.0481. The zero-order valence-electron chi connectivity index (χ0n) is 12.5. The van der Waals surface area contributed by atoms with E-state index in [0.29, 0.717) is 12.0 Å². The number of nitrogens with one attached hydrogen (secondary N) is 1. The predicted molar refractivity (Wildman–Crippen MR) is 78.7 cm³/mol. The summed E-state index contributed by atoms with van der Waals surface area (Å²) in [4.78, 5) is 12.5. The Morgan fingerprint density at radius 2 is 1.74 bits per heavy atom. The maximum absolute atomic E-state index is 12.5. The van der Waals surface area contributed by atoms with E-state index >= 15 is 0 Å². The summed E-state index contributed by atoms with van der Waals surface area (Å²) in [6.45, 7) is 4.59. The third kappa shape index (κ3) is 3.71. The Balaban J connectivity index is 1.91. The van der Waals surface area contributed by atoms with Crippen molar-refractivity contribution >= 4 is 5.91 Å². The van der Waals surface area contributed by atoms with E-state index in [0.717, 1.165) is 31.6 Å². The highest BCUT2D eigenvalue weighted by Crippen LogP contribution is 2.30. The molecule has 1 amide bonds. The largest absolute Gasteiger partial charge is 0.353 e. The van der Waals surface area contributed by atoms with Gasteiger partial charge >= 0.3 is 0 Å². The van der Waals surface area contributed by atoms with Crippen molar-refractivity contribution in [2.75, 3.05) is 0 Å². The molecule has 0 saturated heterocycles. The van der Waals surface area contributed by atoms with Crippen LogP contribution in [0.25, 0.3) is 0 Å². The summed E-state index contributed by atoms with van der Waals surface area (Å²) in [5.41, 5.74) is 6.19. The molecular formula is C16H30N2O. The average Bonchev–Trinajstić information content (AvgIpc) is 2.59. The SMILES string of the molecule is CC1CCCC(NC(=O)C2CCCCCC2N)C1C. The van der Waals surface area contributed by atoms with Gasteiger partial charge in [0.05, 0.1) is 5.92 Å². The van der Waals surface area contributed by atoms with E-state index in [-0.39, 0.29) is 17.9 Å². The summed E-state index contributed by atoms with van der Waals surface area (Å²) < 4.78 is 0. The maximum atomic E-state index is 12.5. The molecule has 5 unspecified atom stereocenters. The fourth-order valence-electron chi connectivity index (χ4n) is 3.74. The van der Waals surface area contributed by atoms with E-state index in [9.17, 15) is 4.79 Å². The molecular weight excluding hydrogens is 236 g/mol. The fourth-order valence-corrected chi connectivity index (χ4v) is 3.74. The van der Waals surface area contributed by atoms with Crippen molar-refractivity contribution in [1.82, 2.24) is 5.32 Å². The molecule has 2 aliphatic carbocycles. The van der Waals surface area contributed by atoms with Crippen molar-refractivity contribution < 1.29 is 4.79 Å². The first-order valence-electron chi connectivity index (χ1n) is 8.15. The number of hydrogen-bond acceptors (Lipinski definition) is 2. The normalized spacial score (nSPS) is 40.5. The summed E-state index contributed by atoms with van der Waals surface area (Å²) in [5.74, 6) is 1.59. The fraction of sp³-hybridized carbons (Fsp3) is 0.938. The van der Waals surface area contributed by atoms with Crippen LogP contribution in [-0.2, 0) is 4.79 Å². The summed E-state index contributed by atoms with van der Waals surface area (Å²) in [6.07, 6.45) is 9.24. The van der Waals surface area contributed by atoms with Gasteiger partial charge in [0.1, 0.15) is 0 Å². The summed E-state index contributed by atoms with van der Waals surface area (Å²) in [6, 6.07) is 0.436. The van der Waals surface area contributed by atoms with Gasteiger partial charge < -0.3 is 11.1 Å². The van der Waals surface area contributed by atoms with Crippen molar-refractivity contribution in [3.05, 3.63) is 0 Å². The Morgan fingerprint density at radius 1 is 1.00 bits per heavy atom. The Labute approximate surface area is 117 Å². The van der Waals surface area contributed by atoms with Crippen molar-refractivity contribution in [3.63, 3.8) is 0 Å². The van der Waals surface area contributed by atoms with Crippen molar-refractivity contribution in [2.24, 2.45) is 23.5 Å². The molecule has 0 aromatic rings. The number of carbonyl (C=O) groups excluding carboxylic acids is 1. The Morgan fingerprint density at radius 3 is 2.53 bits per heavy atom. The third-order valence-electron chi connectivity index (χ3n) is 5.44. The van der Waals surface area contributed by atoms with Crippen LogP contribution in [0.4, 0.5) is 0 Å². The molecule has 3 heteroatoms. The third-order valence-corrected chi connectivity index (χ3v) is 5.44. The molecule has 0 spiro atoms. The number of nitrogens with two attached hydrogens (primary N) is 1. The van der Waals surface area contributed by atoms with Gasteiger partial charge in [-0.3, -0.25) is 4.79 Å². The molecule has 2 aliphatic rings. The first kappa shape index (κ1) is 14.8. The molecule has 0 aliphatic heterocycles. The second-order valence-electron chi connectivity index (χ2n) is 6.79. The predicted octanol–water partition coefficient (Wildman–Crippen LogP) is 2.83. The summed E-state index contributed by atoms with van der Waals surface area (Å²) >= 11 is 0. The zero-order chi connectivity index (χ0) is 13.8. The number of carbonyl (C=O) groups is 1. The van der Waals surface area contributed by atoms with Gasteiger partial charge in [-0.1, -0.05) is 46.0 Å². The van der Waals surface area contributed by atoms with Crippen LogP contribution in [0.1, 0.15) is 65.2 Å². The van der Waals surface area contributed by atoms with Crippen LogP contribution in [0.2, 0.25) is 0 Å². The van der Waals surface area contributed by atoms with E-state index in [1.807, 2.05) is 0 Å². The van der Waals surface area contributed by atoms with E-state index in [1.54, 1.807) is 0 Å². The van der Waals surface area contributed by atoms with Crippen LogP contribution in [0.3, 0.4) is 0 Å². The zero-order valence-corrected chi connectivity index (χ0v) is 12.5. The second-order valence-corrected chi connectivity index (χ2v) is 6.79. The molecule has 0 aromatic heterocycles. The Hall–Kier alpha value is -0.570. The van der Waals surface area contributed by atoms with Gasteiger partial charge in [-0.25, -0.2) is 0 Å². The van der Waals surface area contributed by atoms with Gasteiger partial charge in [0, 0.05) is 12.1 Å².